The van der Waals surface area contributed by atoms with Crippen molar-refractivity contribution in [1.29, 1.82) is 0 Å². The van der Waals surface area contributed by atoms with Gasteiger partial charge in [0.25, 0.3) is 0 Å². The molecule has 7 nitrogen and oxygen atoms in total. The zero-order chi connectivity index (χ0) is 15.1. The average Bonchev–Trinajstić information content (AvgIpc) is 2.38. The third-order valence-corrected chi connectivity index (χ3v) is 2.89. The maximum absolute atomic E-state index is 11.6. The van der Waals surface area contributed by atoms with Crippen LogP contribution in [0, 0.1) is 0 Å². The summed E-state index contributed by atoms with van der Waals surface area (Å²) in [6.07, 6.45) is -1.56. The zero-order valence-corrected chi connectivity index (χ0v) is 12.3. The van der Waals surface area contributed by atoms with Crippen molar-refractivity contribution in [3.05, 3.63) is 22.7 Å². The molecule has 0 saturated carbocycles. The molecule has 2 amide bonds. The Kier molecular flexibility index (Phi) is 6.26. The summed E-state index contributed by atoms with van der Waals surface area (Å²) in [5, 5.41) is 22.5. The Morgan fingerprint density at radius 2 is 2.15 bits per heavy atom. The molecule has 0 aliphatic heterocycles. The fourth-order valence-electron chi connectivity index (χ4n) is 1.39. The third-order valence-electron chi connectivity index (χ3n) is 2.40. The van der Waals surface area contributed by atoms with Gasteiger partial charge in [0.05, 0.1) is 12.8 Å². The quantitative estimate of drug-likeness (QED) is 0.622. The number of aliphatic hydroxyl groups excluding tert-OH is 1. The lowest BCUT2D eigenvalue weighted by Gasteiger charge is -2.12. The van der Waals surface area contributed by atoms with E-state index >= 15 is 0 Å². The highest BCUT2D eigenvalue weighted by Gasteiger charge is 2.13. The van der Waals surface area contributed by atoms with Crippen LogP contribution < -0.4 is 15.4 Å². The highest BCUT2D eigenvalue weighted by Crippen LogP contribution is 2.27. The molecule has 1 aromatic carbocycles. The van der Waals surface area contributed by atoms with Crippen molar-refractivity contribution in [1.82, 2.24) is 5.32 Å². The van der Waals surface area contributed by atoms with E-state index < -0.39 is 18.1 Å². The monoisotopic (exact) mass is 346 g/mol. The summed E-state index contributed by atoms with van der Waals surface area (Å²) in [4.78, 5) is 22.0. The van der Waals surface area contributed by atoms with Crippen LogP contribution >= 0.6 is 15.9 Å². The first-order valence-corrected chi connectivity index (χ1v) is 6.52. The number of carboxylic acids is 1. The smallest absolute Gasteiger partial charge is 0.332 e. The van der Waals surface area contributed by atoms with Crippen LogP contribution in [0.15, 0.2) is 22.7 Å². The van der Waals surface area contributed by atoms with Gasteiger partial charge >= 0.3 is 12.0 Å². The normalized spacial score (nSPS) is 11.6. The molecule has 0 aliphatic rings. The molecule has 0 aromatic heterocycles. The highest BCUT2D eigenvalue weighted by molar-refractivity contribution is 9.10. The highest BCUT2D eigenvalue weighted by atomic mass is 79.9. The summed E-state index contributed by atoms with van der Waals surface area (Å²) < 4.78 is 5.87. The molecule has 110 valence electrons. The predicted molar refractivity (Wildman–Crippen MR) is 76.0 cm³/mol. The first-order valence-electron chi connectivity index (χ1n) is 5.73. The molecule has 20 heavy (non-hydrogen) atoms. The van der Waals surface area contributed by atoms with E-state index in [1.807, 2.05) is 0 Å². The van der Waals surface area contributed by atoms with E-state index in [-0.39, 0.29) is 13.0 Å². The van der Waals surface area contributed by atoms with Gasteiger partial charge < -0.3 is 25.6 Å². The molecule has 0 saturated heterocycles. The number of hydrogen-bond donors (Lipinski definition) is 4. The fraction of sp³-hybridized carbons (Fsp3) is 0.333. The van der Waals surface area contributed by atoms with Crippen molar-refractivity contribution in [2.24, 2.45) is 0 Å². The second kappa shape index (κ2) is 7.71. The van der Waals surface area contributed by atoms with E-state index in [0.29, 0.717) is 11.4 Å². The van der Waals surface area contributed by atoms with Gasteiger partial charge in [-0.3, -0.25) is 0 Å². The Morgan fingerprint density at radius 3 is 2.75 bits per heavy atom. The number of anilines is 1. The van der Waals surface area contributed by atoms with Crippen molar-refractivity contribution in [2.75, 3.05) is 19.0 Å². The van der Waals surface area contributed by atoms with Gasteiger partial charge in [-0.15, -0.1) is 0 Å². The number of carbonyl (C=O) groups is 2. The number of urea groups is 1. The van der Waals surface area contributed by atoms with Gasteiger partial charge in [0, 0.05) is 17.4 Å². The van der Waals surface area contributed by atoms with Gasteiger partial charge in [0.15, 0.2) is 6.10 Å². The molecule has 8 heteroatoms. The molecular formula is C12H15BrN2O5. The topological polar surface area (TPSA) is 108 Å². The number of aliphatic hydroxyl groups is 1. The summed E-state index contributed by atoms with van der Waals surface area (Å²) in [5.41, 5.74) is 0.471. The summed E-state index contributed by atoms with van der Waals surface area (Å²) >= 11 is 3.28. The van der Waals surface area contributed by atoms with Gasteiger partial charge in [-0.25, -0.2) is 9.59 Å². The second-order valence-electron chi connectivity index (χ2n) is 3.87. The Balaban J connectivity index is 2.50. The van der Waals surface area contributed by atoms with E-state index in [1.54, 1.807) is 18.2 Å². The lowest BCUT2D eigenvalue weighted by atomic mass is 10.2. The van der Waals surface area contributed by atoms with Crippen LogP contribution in [0.25, 0.3) is 0 Å². The maximum Gasteiger partial charge on any atom is 0.332 e. The Bertz CT molecular complexity index is 495. The molecule has 1 unspecified atom stereocenters. The third kappa shape index (κ3) is 5.06. The minimum atomic E-state index is -1.49. The van der Waals surface area contributed by atoms with Crippen LogP contribution in [0.2, 0.25) is 0 Å². The Hall–Kier alpha value is -1.80. The van der Waals surface area contributed by atoms with Gasteiger partial charge in [-0.05, 0) is 18.2 Å². The van der Waals surface area contributed by atoms with E-state index in [2.05, 4.69) is 26.6 Å². The number of halogens is 1. The summed E-state index contributed by atoms with van der Waals surface area (Å²) in [7, 11) is 1.48. The summed E-state index contributed by atoms with van der Waals surface area (Å²) in [6.45, 7) is 0.0373. The lowest BCUT2D eigenvalue weighted by molar-refractivity contribution is -0.146. The number of benzene rings is 1. The molecule has 1 rings (SSSR count). The average molecular weight is 347 g/mol. The minimum Gasteiger partial charge on any atom is -0.495 e. The fourth-order valence-corrected chi connectivity index (χ4v) is 1.75. The molecule has 0 heterocycles. The second-order valence-corrected chi connectivity index (χ2v) is 4.78. The van der Waals surface area contributed by atoms with Crippen LogP contribution in [-0.4, -0.2) is 42.0 Å². The first kappa shape index (κ1) is 16.3. The van der Waals surface area contributed by atoms with E-state index in [4.69, 9.17) is 14.9 Å². The van der Waals surface area contributed by atoms with Crippen molar-refractivity contribution >= 4 is 33.6 Å². The lowest BCUT2D eigenvalue weighted by Crippen LogP contribution is -2.33. The number of carbonyl (C=O) groups excluding carboxylic acids is 1. The number of carboxylic acid groups (broad SMARTS) is 1. The van der Waals surface area contributed by atoms with Crippen LogP contribution in [0.1, 0.15) is 6.42 Å². The SMILES string of the molecule is COc1ccc(Br)cc1NC(=O)NCCC(O)C(=O)O. The van der Waals surface area contributed by atoms with Crippen molar-refractivity contribution in [3.63, 3.8) is 0 Å². The number of amides is 2. The van der Waals surface area contributed by atoms with Crippen LogP contribution in [0.3, 0.4) is 0 Å². The van der Waals surface area contributed by atoms with E-state index in [1.165, 1.54) is 7.11 Å². The van der Waals surface area contributed by atoms with Gasteiger partial charge in [-0.1, -0.05) is 15.9 Å². The number of aliphatic carboxylic acids is 1. The first-order chi connectivity index (χ1) is 9.43. The maximum atomic E-state index is 11.6. The van der Waals surface area contributed by atoms with Crippen molar-refractivity contribution in [2.45, 2.75) is 12.5 Å². The molecule has 0 fully saturated rings. The van der Waals surface area contributed by atoms with E-state index in [9.17, 15) is 9.59 Å². The summed E-state index contributed by atoms with van der Waals surface area (Å²) in [6, 6.07) is 4.61. The number of nitrogens with one attached hydrogen (secondary N) is 2. The van der Waals surface area contributed by atoms with Gasteiger partial charge in [-0.2, -0.15) is 0 Å². The largest absolute Gasteiger partial charge is 0.495 e. The Labute approximate surface area is 124 Å². The molecule has 0 radical (unpaired) electrons. The number of rotatable bonds is 6. The molecule has 0 bridgehead atoms. The molecule has 0 spiro atoms. The van der Waals surface area contributed by atoms with Crippen LogP contribution in [0.5, 0.6) is 5.75 Å². The minimum absolute atomic E-state index is 0.0373. The van der Waals surface area contributed by atoms with Gasteiger partial charge in [0.1, 0.15) is 5.75 Å². The van der Waals surface area contributed by atoms with Crippen molar-refractivity contribution < 1.29 is 24.5 Å². The molecule has 4 N–H and O–H groups in total. The van der Waals surface area contributed by atoms with Crippen molar-refractivity contribution in [3.8, 4) is 5.75 Å². The van der Waals surface area contributed by atoms with Gasteiger partial charge in [0.2, 0.25) is 0 Å². The predicted octanol–water partition coefficient (Wildman–Crippen LogP) is 1.41. The summed E-state index contributed by atoms with van der Waals surface area (Å²) in [5.74, 6) is -0.824. The number of hydrogen-bond acceptors (Lipinski definition) is 4. The Morgan fingerprint density at radius 1 is 1.45 bits per heavy atom. The zero-order valence-electron chi connectivity index (χ0n) is 10.7. The molecule has 0 aliphatic carbocycles. The number of ether oxygens (including phenoxy) is 1. The molecule has 1 aromatic rings. The molecule has 1 atom stereocenters. The van der Waals surface area contributed by atoms with Crippen LogP contribution in [0.4, 0.5) is 10.5 Å². The van der Waals surface area contributed by atoms with E-state index in [0.717, 1.165) is 4.47 Å². The number of methoxy groups -OCH3 is 1. The van der Waals surface area contributed by atoms with Crippen LogP contribution in [-0.2, 0) is 4.79 Å². The standard InChI is InChI=1S/C12H15BrN2O5/c1-20-10-3-2-7(13)6-8(10)15-12(19)14-5-4-9(16)11(17)18/h2-3,6,9,16H,4-5H2,1H3,(H,17,18)(H2,14,15,19). The molecular weight excluding hydrogens is 332 g/mol.